The van der Waals surface area contributed by atoms with Crippen molar-refractivity contribution in [2.45, 2.75) is 5.79 Å². The fraction of sp³-hybridized carbons (Fsp3) is 0.100. The summed E-state index contributed by atoms with van der Waals surface area (Å²) in [5, 5.41) is 18.8. The summed E-state index contributed by atoms with van der Waals surface area (Å²) in [6.45, 7) is 0. The summed E-state index contributed by atoms with van der Waals surface area (Å²) in [6.07, 6.45) is 0.977. The molecule has 0 aliphatic carbocycles. The Labute approximate surface area is 80.1 Å². The molecule has 72 valence electrons. The largest absolute Gasteiger partial charge is 0.502 e. The van der Waals surface area contributed by atoms with E-state index >= 15 is 0 Å². The lowest BCUT2D eigenvalue weighted by molar-refractivity contribution is -0.183. The molecule has 0 radical (unpaired) electrons. The average Bonchev–Trinajstić information content (AvgIpc) is 2.44. The average molecular weight is 192 g/mol. The van der Waals surface area contributed by atoms with Crippen LogP contribution in [0.2, 0.25) is 0 Å². The molecule has 0 bridgehead atoms. The highest BCUT2D eigenvalue weighted by Gasteiger charge is 2.40. The van der Waals surface area contributed by atoms with Crippen LogP contribution < -0.4 is 0 Å². The Balaban J connectivity index is 2.41. The van der Waals surface area contributed by atoms with Gasteiger partial charge in [0.1, 0.15) is 0 Å². The van der Waals surface area contributed by atoms with Gasteiger partial charge in [-0.15, -0.1) is 0 Å². The lowest BCUT2D eigenvalue weighted by Gasteiger charge is -2.18. The number of hydrogen-bond donors (Lipinski definition) is 2. The van der Waals surface area contributed by atoms with Crippen LogP contribution in [0.15, 0.2) is 42.2 Å². The van der Waals surface area contributed by atoms with Gasteiger partial charge in [0, 0.05) is 11.6 Å². The minimum absolute atomic E-state index is 0.400. The van der Waals surface area contributed by atoms with Crippen LogP contribution in [-0.2, 0) is 15.3 Å². The van der Waals surface area contributed by atoms with Crippen LogP contribution in [0, 0.1) is 0 Å². The van der Waals surface area contributed by atoms with E-state index in [1.54, 1.807) is 30.3 Å². The molecule has 0 spiro atoms. The maximum Gasteiger partial charge on any atom is 0.376 e. The van der Waals surface area contributed by atoms with E-state index in [-0.39, 0.29) is 0 Å². The quantitative estimate of drug-likeness (QED) is 0.647. The van der Waals surface area contributed by atoms with Crippen molar-refractivity contribution < 1.29 is 19.7 Å². The smallest absolute Gasteiger partial charge is 0.376 e. The molecule has 1 aromatic carbocycles. The number of hydrogen-bond acceptors (Lipinski definition) is 4. The second-order valence-electron chi connectivity index (χ2n) is 2.98. The van der Waals surface area contributed by atoms with E-state index in [1.807, 2.05) is 0 Å². The van der Waals surface area contributed by atoms with Gasteiger partial charge in [-0.05, 0) is 0 Å². The molecule has 0 fully saturated rings. The molecule has 0 saturated heterocycles. The fourth-order valence-corrected chi connectivity index (χ4v) is 1.29. The predicted octanol–water partition coefficient (Wildman–Crippen LogP) is 0.830. The van der Waals surface area contributed by atoms with Gasteiger partial charge in [-0.1, -0.05) is 30.3 Å². The number of aliphatic hydroxyl groups excluding tert-OH is 1. The molecule has 0 aromatic heterocycles. The molecule has 0 unspecified atom stereocenters. The molecule has 0 amide bonds. The number of esters is 1. The highest BCUT2D eigenvalue weighted by Crippen LogP contribution is 2.30. The molecular formula is C10H8O4. The maximum atomic E-state index is 10.9. The van der Waals surface area contributed by atoms with Crippen molar-refractivity contribution >= 4 is 5.97 Å². The van der Waals surface area contributed by atoms with Crippen LogP contribution in [0.3, 0.4) is 0 Å². The molecule has 1 atom stereocenters. The summed E-state index contributed by atoms with van der Waals surface area (Å²) in [5.74, 6) is -3.32. The Morgan fingerprint density at radius 1 is 1.21 bits per heavy atom. The van der Waals surface area contributed by atoms with Gasteiger partial charge in [0.2, 0.25) is 5.76 Å². The van der Waals surface area contributed by atoms with Crippen molar-refractivity contribution in [3.05, 3.63) is 47.7 Å². The van der Waals surface area contributed by atoms with E-state index in [0.29, 0.717) is 5.56 Å². The summed E-state index contributed by atoms with van der Waals surface area (Å²) in [4.78, 5) is 10.9. The molecule has 1 aromatic rings. The van der Waals surface area contributed by atoms with E-state index in [4.69, 9.17) is 5.11 Å². The van der Waals surface area contributed by atoms with E-state index in [9.17, 15) is 9.90 Å². The van der Waals surface area contributed by atoms with Gasteiger partial charge < -0.3 is 14.9 Å². The Bertz CT molecular complexity index is 396. The summed E-state index contributed by atoms with van der Waals surface area (Å²) < 4.78 is 4.62. The summed E-state index contributed by atoms with van der Waals surface area (Å²) >= 11 is 0. The highest BCUT2D eigenvalue weighted by atomic mass is 16.7. The van der Waals surface area contributed by atoms with Crippen LogP contribution in [0.1, 0.15) is 5.56 Å². The van der Waals surface area contributed by atoms with Gasteiger partial charge in [0.05, 0.1) is 0 Å². The third-order valence-electron chi connectivity index (χ3n) is 1.98. The zero-order valence-corrected chi connectivity index (χ0v) is 7.18. The maximum absolute atomic E-state index is 10.9. The SMILES string of the molecule is O=C1O[C@@](O)(c2ccccc2)C=C1O. The van der Waals surface area contributed by atoms with Crippen LogP contribution in [-0.4, -0.2) is 16.2 Å². The van der Waals surface area contributed by atoms with Crippen molar-refractivity contribution in [2.75, 3.05) is 0 Å². The second-order valence-corrected chi connectivity index (χ2v) is 2.98. The van der Waals surface area contributed by atoms with Gasteiger partial charge in [-0.25, -0.2) is 4.79 Å². The van der Waals surface area contributed by atoms with Crippen LogP contribution in [0.5, 0.6) is 0 Å². The molecule has 2 N–H and O–H groups in total. The number of ether oxygens (including phenoxy) is 1. The lowest BCUT2D eigenvalue weighted by Crippen LogP contribution is -2.24. The van der Waals surface area contributed by atoms with Gasteiger partial charge in [0.25, 0.3) is 5.79 Å². The van der Waals surface area contributed by atoms with Gasteiger partial charge in [-0.2, -0.15) is 0 Å². The third kappa shape index (κ3) is 1.25. The van der Waals surface area contributed by atoms with E-state index in [1.165, 1.54) is 0 Å². The van der Waals surface area contributed by atoms with Crippen molar-refractivity contribution in [1.29, 1.82) is 0 Å². The molecule has 14 heavy (non-hydrogen) atoms. The zero-order chi connectivity index (χ0) is 10.2. The number of carbonyl (C=O) groups is 1. The van der Waals surface area contributed by atoms with E-state index in [0.717, 1.165) is 6.08 Å². The first-order valence-corrected chi connectivity index (χ1v) is 4.05. The van der Waals surface area contributed by atoms with Gasteiger partial charge in [0.15, 0.2) is 0 Å². The molecule has 0 saturated carbocycles. The number of rotatable bonds is 1. The molecule has 1 aliphatic heterocycles. The number of carbonyl (C=O) groups excluding carboxylic acids is 1. The van der Waals surface area contributed by atoms with Crippen molar-refractivity contribution in [2.24, 2.45) is 0 Å². The Hall–Kier alpha value is -1.81. The Morgan fingerprint density at radius 3 is 2.36 bits per heavy atom. The Kier molecular flexibility index (Phi) is 1.79. The van der Waals surface area contributed by atoms with Gasteiger partial charge in [-0.3, -0.25) is 0 Å². The summed E-state index contributed by atoms with van der Waals surface area (Å²) in [5.41, 5.74) is 0.400. The lowest BCUT2D eigenvalue weighted by atomic mass is 10.1. The molecular weight excluding hydrogens is 184 g/mol. The highest BCUT2D eigenvalue weighted by molar-refractivity contribution is 5.88. The van der Waals surface area contributed by atoms with Crippen LogP contribution >= 0.6 is 0 Å². The molecule has 1 heterocycles. The number of aliphatic hydroxyl groups is 2. The zero-order valence-electron chi connectivity index (χ0n) is 7.18. The fourth-order valence-electron chi connectivity index (χ4n) is 1.29. The number of cyclic esters (lactones) is 1. The molecule has 2 rings (SSSR count). The van der Waals surface area contributed by atoms with Gasteiger partial charge >= 0.3 is 5.97 Å². The molecule has 4 heteroatoms. The van der Waals surface area contributed by atoms with Crippen LogP contribution in [0.25, 0.3) is 0 Å². The normalized spacial score (nSPS) is 25.8. The minimum atomic E-state index is -1.83. The summed E-state index contributed by atoms with van der Waals surface area (Å²) in [6, 6.07) is 8.37. The predicted molar refractivity (Wildman–Crippen MR) is 47.1 cm³/mol. The first-order valence-electron chi connectivity index (χ1n) is 4.05. The summed E-state index contributed by atoms with van der Waals surface area (Å²) in [7, 11) is 0. The monoisotopic (exact) mass is 192 g/mol. The number of benzene rings is 1. The standard InChI is InChI=1S/C10H8O4/c11-8-6-10(13,14-9(8)12)7-4-2-1-3-5-7/h1-6,11,13H/t10-/m1/s1. The van der Waals surface area contributed by atoms with Crippen molar-refractivity contribution in [3.63, 3.8) is 0 Å². The Morgan fingerprint density at radius 2 is 1.86 bits per heavy atom. The molecule has 1 aliphatic rings. The van der Waals surface area contributed by atoms with E-state index < -0.39 is 17.5 Å². The van der Waals surface area contributed by atoms with Crippen molar-refractivity contribution in [1.82, 2.24) is 0 Å². The topological polar surface area (TPSA) is 66.8 Å². The van der Waals surface area contributed by atoms with Crippen molar-refractivity contribution in [3.8, 4) is 0 Å². The molecule has 4 nitrogen and oxygen atoms in total. The van der Waals surface area contributed by atoms with Crippen LogP contribution in [0.4, 0.5) is 0 Å². The third-order valence-corrected chi connectivity index (χ3v) is 1.98. The first kappa shape index (κ1) is 8.77. The second kappa shape index (κ2) is 2.85. The first-order chi connectivity index (χ1) is 6.62. The van der Waals surface area contributed by atoms with E-state index in [2.05, 4.69) is 4.74 Å². The minimum Gasteiger partial charge on any atom is -0.502 e.